The molecule has 2 unspecified atom stereocenters. The number of carbonyl (C=O) groups is 1. The average Bonchev–Trinajstić information content (AvgIpc) is 2.33. The molecule has 0 radical (unpaired) electrons. The van der Waals surface area contributed by atoms with E-state index in [-0.39, 0.29) is 5.25 Å². The quantitative estimate of drug-likeness (QED) is 0.435. The van der Waals surface area contributed by atoms with Crippen LogP contribution in [0.25, 0.3) is 0 Å². The van der Waals surface area contributed by atoms with Crippen LogP contribution in [0, 0.1) is 5.92 Å². The summed E-state index contributed by atoms with van der Waals surface area (Å²) >= 11 is 6.61. The summed E-state index contributed by atoms with van der Waals surface area (Å²) < 4.78 is 0. The molecule has 0 aromatic heterocycles. The van der Waals surface area contributed by atoms with Crippen LogP contribution in [0.5, 0.6) is 0 Å². The highest BCUT2D eigenvalue weighted by Crippen LogP contribution is 2.19. The number of thiocarbonyl (C=S) groups is 1. The Balaban J connectivity index is 3.77. The first-order chi connectivity index (χ1) is 7.78. The standard InChI is InChI=1S/C11H22N2OS2/c12-5-1-2-10(9-15)3-4-11(8-14)16-7-6-13/h8-11H,1-7,12-13H2. The van der Waals surface area contributed by atoms with E-state index in [1.807, 2.05) is 5.37 Å². The molecule has 94 valence electrons. The summed E-state index contributed by atoms with van der Waals surface area (Å²) in [5, 5.41) is 1.88. The second-order valence-corrected chi connectivity index (χ2v) is 5.36. The van der Waals surface area contributed by atoms with Crippen LogP contribution in [0.3, 0.4) is 0 Å². The highest BCUT2D eigenvalue weighted by Gasteiger charge is 2.11. The van der Waals surface area contributed by atoms with Crippen LogP contribution < -0.4 is 11.5 Å². The minimum atomic E-state index is 0.0684. The summed E-state index contributed by atoms with van der Waals surface area (Å²) in [5.41, 5.74) is 10.9. The largest absolute Gasteiger partial charge is 0.330 e. The second kappa shape index (κ2) is 11.5. The number of aldehydes is 1. The Kier molecular flexibility index (Phi) is 11.5. The van der Waals surface area contributed by atoms with Gasteiger partial charge in [0.05, 0.1) is 5.25 Å². The molecule has 3 nitrogen and oxygen atoms in total. The zero-order valence-corrected chi connectivity index (χ0v) is 11.3. The predicted octanol–water partition coefficient (Wildman–Crippen LogP) is 1.38. The third-order valence-electron chi connectivity index (χ3n) is 2.40. The summed E-state index contributed by atoms with van der Waals surface area (Å²) in [6, 6.07) is 0. The van der Waals surface area contributed by atoms with Gasteiger partial charge in [-0.25, -0.2) is 0 Å². The molecular formula is C11H22N2OS2. The number of rotatable bonds is 11. The van der Waals surface area contributed by atoms with Crippen LogP contribution in [0.2, 0.25) is 0 Å². The molecule has 0 saturated carbocycles. The van der Waals surface area contributed by atoms with E-state index in [4.69, 9.17) is 23.7 Å². The van der Waals surface area contributed by atoms with Crippen molar-refractivity contribution in [2.45, 2.75) is 30.9 Å². The van der Waals surface area contributed by atoms with Gasteiger partial charge < -0.3 is 16.3 Å². The van der Waals surface area contributed by atoms with Crippen LogP contribution in [0.1, 0.15) is 25.7 Å². The average molecular weight is 262 g/mol. The van der Waals surface area contributed by atoms with Gasteiger partial charge in [0.2, 0.25) is 0 Å². The Hall–Kier alpha value is 0.0300. The predicted molar refractivity (Wildman–Crippen MR) is 76.0 cm³/mol. The molecule has 0 aliphatic carbocycles. The van der Waals surface area contributed by atoms with E-state index < -0.39 is 0 Å². The molecule has 0 bridgehead atoms. The van der Waals surface area contributed by atoms with Gasteiger partial charge in [0, 0.05) is 12.3 Å². The molecule has 0 aliphatic rings. The summed E-state index contributed by atoms with van der Waals surface area (Å²) in [6.07, 6.45) is 4.91. The normalized spacial score (nSPS) is 14.4. The third kappa shape index (κ3) is 8.21. The van der Waals surface area contributed by atoms with Crippen molar-refractivity contribution in [1.82, 2.24) is 0 Å². The first kappa shape index (κ1) is 16.0. The molecule has 0 fully saturated rings. The Morgan fingerprint density at radius 3 is 2.44 bits per heavy atom. The first-order valence-corrected chi connectivity index (χ1v) is 7.22. The van der Waals surface area contributed by atoms with Gasteiger partial charge in [-0.15, -0.1) is 11.8 Å². The molecule has 16 heavy (non-hydrogen) atoms. The lowest BCUT2D eigenvalue weighted by Gasteiger charge is -2.14. The van der Waals surface area contributed by atoms with Crippen LogP contribution >= 0.6 is 24.0 Å². The lowest BCUT2D eigenvalue weighted by Crippen LogP contribution is -2.13. The lowest BCUT2D eigenvalue weighted by molar-refractivity contribution is -0.107. The smallest absolute Gasteiger partial charge is 0.132 e. The van der Waals surface area contributed by atoms with Crippen molar-refractivity contribution in [3.63, 3.8) is 0 Å². The van der Waals surface area contributed by atoms with Crippen LogP contribution in [-0.2, 0) is 4.79 Å². The maximum Gasteiger partial charge on any atom is 0.132 e. The number of carbonyl (C=O) groups excluding carboxylic acids is 1. The van der Waals surface area contributed by atoms with Crippen molar-refractivity contribution in [3.05, 3.63) is 0 Å². The summed E-state index contributed by atoms with van der Waals surface area (Å²) in [5.74, 6) is 1.26. The van der Waals surface area contributed by atoms with Gasteiger partial charge in [-0.1, -0.05) is 12.2 Å². The fourth-order valence-corrected chi connectivity index (χ4v) is 2.54. The molecule has 0 aromatic rings. The molecular weight excluding hydrogens is 240 g/mol. The van der Waals surface area contributed by atoms with E-state index >= 15 is 0 Å². The minimum Gasteiger partial charge on any atom is -0.330 e. The van der Waals surface area contributed by atoms with Gasteiger partial charge in [-0.05, 0) is 43.5 Å². The zero-order valence-electron chi connectivity index (χ0n) is 9.64. The van der Waals surface area contributed by atoms with E-state index in [2.05, 4.69) is 0 Å². The molecule has 0 aromatic carbocycles. The zero-order chi connectivity index (χ0) is 12.2. The molecule has 5 heteroatoms. The van der Waals surface area contributed by atoms with Crippen LogP contribution in [-0.4, -0.2) is 35.7 Å². The fourth-order valence-electron chi connectivity index (χ4n) is 1.45. The van der Waals surface area contributed by atoms with Gasteiger partial charge in [-0.2, -0.15) is 0 Å². The molecule has 4 N–H and O–H groups in total. The number of thioether (sulfide) groups is 1. The highest BCUT2D eigenvalue weighted by atomic mass is 32.2. The summed E-state index contributed by atoms with van der Waals surface area (Å²) in [6.45, 7) is 1.33. The second-order valence-electron chi connectivity index (χ2n) is 3.74. The molecule has 0 aliphatic heterocycles. The topological polar surface area (TPSA) is 69.1 Å². The molecule has 0 amide bonds. The highest BCUT2D eigenvalue weighted by molar-refractivity contribution is 8.00. The number of hydrogen-bond acceptors (Lipinski definition) is 5. The summed E-state index contributed by atoms with van der Waals surface area (Å²) in [4.78, 5) is 10.8. The molecule has 0 saturated heterocycles. The van der Waals surface area contributed by atoms with Crippen molar-refractivity contribution in [3.8, 4) is 0 Å². The molecule has 0 spiro atoms. The van der Waals surface area contributed by atoms with E-state index in [1.165, 1.54) is 0 Å². The van der Waals surface area contributed by atoms with Crippen molar-refractivity contribution in [1.29, 1.82) is 0 Å². The Morgan fingerprint density at radius 1 is 1.19 bits per heavy atom. The van der Waals surface area contributed by atoms with Crippen molar-refractivity contribution in [2.24, 2.45) is 17.4 Å². The minimum absolute atomic E-state index is 0.0684. The fraction of sp³-hybridized carbons (Fsp3) is 0.818. The Labute approximate surface area is 108 Å². The monoisotopic (exact) mass is 262 g/mol. The van der Waals surface area contributed by atoms with E-state index in [1.54, 1.807) is 11.8 Å². The van der Waals surface area contributed by atoms with E-state index in [9.17, 15) is 4.79 Å². The van der Waals surface area contributed by atoms with Gasteiger partial charge in [-0.3, -0.25) is 0 Å². The van der Waals surface area contributed by atoms with Crippen LogP contribution in [0.4, 0.5) is 0 Å². The molecule has 2 atom stereocenters. The first-order valence-electron chi connectivity index (χ1n) is 5.70. The third-order valence-corrected chi connectivity index (χ3v) is 4.03. The van der Waals surface area contributed by atoms with Crippen molar-refractivity contribution >= 4 is 35.6 Å². The Bertz CT molecular complexity index is 171. The lowest BCUT2D eigenvalue weighted by atomic mass is 9.99. The van der Waals surface area contributed by atoms with Gasteiger partial charge in [0.15, 0.2) is 0 Å². The van der Waals surface area contributed by atoms with Gasteiger partial charge in [0.1, 0.15) is 6.29 Å². The maximum absolute atomic E-state index is 10.8. The van der Waals surface area contributed by atoms with Gasteiger partial charge in [0.25, 0.3) is 0 Å². The number of hydrogen-bond donors (Lipinski definition) is 2. The number of nitrogens with two attached hydrogens (primary N) is 2. The molecule has 0 heterocycles. The van der Waals surface area contributed by atoms with Crippen molar-refractivity contribution < 1.29 is 4.79 Å². The molecule has 0 rings (SSSR count). The van der Waals surface area contributed by atoms with E-state index in [0.29, 0.717) is 19.0 Å². The van der Waals surface area contributed by atoms with Crippen molar-refractivity contribution in [2.75, 3.05) is 18.8 Å². The maximum atomic E-state index is 10.8. The SMILES string of the molecule is NCCCC(C=S)CCC(C=O)SCCN. The van der Waals surface area contributed by atoms with Gasteiger partial charge >= 0.3 is 0 Å². The summed E-state index contributed by atoms with van der Waals surface area (Å²) in [7, 11) is 0. The Morgan fingerprint density at radius 2 is 1.94 bits per heavy atom. The van der Waals surface area contributed by atoms with Crippen LogP contribution in [0.15, 0.2) is 0 Å². The van der Waals surface area contributed by atoms with E-state index in [0.717, 1.165) is 37.7 Å².